The van der Waals surface area contributed by atoms with Gasteiger partial charge in [0.15, 0.2) is 0 Å². The predicted octanol–water partition coefficient (Wildman–Crippen LogP) is 3.91. The molecule has 5 nitrogen and oxygen atoms in total. The first-order chi connectivity index (χ1) is 13.6. The number of hydrogen-bond acceptors (Lipinski definition) is 6. The van der Waals surface area contributed by atoms with E-state index in [-0.39, 0.29) is 6.04 Å². The molecule has 1 saturated heterocycles. The lowest BCUT2D eigenvalue weighted by Gasteiger charge is -2.43. The Morgan fingerprint density at radius 1 is 1.36 bits per heavy atom. The minimum Gasteiger partial charge on any atom is -0.369 e. The molecule has 2 aliphatic heterocycles. The molecule has 0 saturated carbocycles. The molecule has 4 rings (SSSR count). The Morgan fingerprint density at radius 2 is 2.21 bits per heavy atom. The van der Waals surface area contributed by atoms with Crippen LogP contribution in [-0.2, 0) is 0 Å². The molecule has 0 radical (unpaired) electrons. The van der Waals surface area contributed by atoms with Crippen LogP contribution in [-0.4, -0.2) is 40.9 Å². The normalized spacial score (nSPS) is 23.6. The number of thioether (sulfide) groups is 1. The summed E-state index contributed by atoms with van der Waals surface area (Å²) in [4.78, 5) is 9.52. The van der Waals surface area contributed by atoms with Crippen LogP contribution < -0.4 is 10.6 Å². The summed E-state index contributed by atoms with van der Waals surface area (Å²) in [6, 6.07) is 11.0. The standard InChI is InChI=1S/C22H27N5S/c1-15-8-18(27-14-28-13-19(27)9-16(2)24)12-26(11-15)21-6-5-17(10-23)22-20(21)4-3-7-25-22/h3-7,13,15-16,18H,8-9,11-12,14,24H2,1-2H3/t15-,16-,18+/m0/s1. The fourth-order valence-corrected chi connectivity index (χ4v) is 5.50. The lowest BCUT2D eigenvalue weighted by molar-refractivity contribution is 0.222. The van der Waals surface area contributed by atoms with Gasteiger partial charge in [0, 0.05) is 54.6 Å². The van der Waals surface area contributed by atoms with Gasteiger partial charge in [0.25, 0.3) is 0 Å². The van der Waals surface area contributed by atoms with E-state index >= 15 is 0 Å². The summed E-state index contributed by atoms with van der Waals surface area (Å²) >= 11 is 1.88. The minimum atomic E-state index is 0.179. The number of nitrogens with two attached hydrogens (primary N) is 1. The maximum atomic E-state index is 9.44. The number of anilines is 1. The number of pyridine rings is 1. The molecule has 0 aliphatic carbocycles. The predicted molar refractivity (Wildman–Crippen MR) is 117 cm³/mol. The summed E-state index contributed by atoms with van der Waals surface area (Å²) in [5, 5.41) is 12.8. The molecule has 0 amide bonds. The Kier molecular flexibility index (Phi) is 5.47. The zero-order valence-corrected chi connectivity index (χ0v) is 17.3. The molecule has 3 atom stereocenters. The molecule has 2 N–H and O–H groups in total. The van der Waals surface area contributed by atoms with Crippen LogP contribution in [0.25, 0.3) is 10.9 Å². The van der Waals surface area contributed by atoms with Gasteiger partial charge in [-0.25, -0.2) is 0 Å². The smallest absolute Gasteiger partial charge is 0.101 e. The number of nitriles is 1. The second kappa shape index (κ2) is 8.02. The number of hydrogen-bond donors (Lipinski definition) is 1. The largest absolute Gasteiger partial charge is 0.369 e. The molecule has 1 fully saturated rings. The summed E-state index contributed by atoms with van der Waals surface area (Å²) in [5.41, 5.74) is 10.1. The molecule has 146 valence electrons. The second-order valence-electron chi connectivity index (χ2n) is 8.10. The van der Waals surface area contributed by atoms with Crippen molar-refractivity contribution < 1.29 is 0 Å². The number of benzene rings is 1. The van der Waals surface area contributed by atoms with Gasteiger partial charge in [0.2, 0.25) is 0 Å². The summed E-state index contributed by atoms with van der Waals surface area (Å²) < 4.78 is 0. The van der Waals surface area contributed by atoms with Crippen molar-refractivity contribution in [2.75, 3.05) is 23.9 Å². The van der Waals surface area contributed by atoms with Crippen molar-refractivity contribution in [2.24, 2.45) is 11.7 Å². The quantitative estimate of drug-likeness (QED) is 0.849. The summed E-state index contributed by atoms with van der Waals surface area (Å²) in [5.74, 6) is 1.62. The average Bonchev–Trinajstić information content (AvgIpc) is 3.14. The Hall–Kier alpha value is -2.23. The molecule has 0 bridgehead atoms. The fourth-order valence-electron chi connectivity index (χ4n) is 4.46. The van der Waals surface area contributed by atoms with Crippen molar-refractivity contribution in [2.45, 2.75) is 38.8 Å². The lowest BCUT2D eigenvalue weighted by Crippen LogP contribution is -2.50. The van der Waals surface area contributed by atoms with Crippen molar-refractivity contribution in [1.29, 1.82) is 5.26 Å². The lowest BCUT2D eigenvalue weighted by atomic mass is 9.93. The molecule has 2 aromatic rings. The molecule has 0 spiro atoms. The van der Waals surface area contributed by atoms with Crippen LogP contribution in [0.3, 0.4) is 0 Å². The van der Waals surface area contributed by atoms with Gasteiger partial charge in [-0.3, -0.25) is 4.98 Å². The Bertz CT molecular complexity index is 932. The number of fused-ring (bicyclic) bond motifs is 1. The van der Waals surface area contributed by atoms with Crippen molar-refractivity contribution in [3.05, 3.63) is 47.1 Å². The van der Waals surface area contributed by atoms with E-state index in [2.05, 4.69) is 52.2 Å². The van der Waals surface area contributed by atoms with Gasteiger partial charge in [-0.05, 0) is 48.9 Å². The van der Waals surface area contributed by atoms with E-state index in [0.717, 1.165) is 36.3 Å². The first kappa shape index (κ1) is 19.1. The number of rotatable bonds is 4. The number of piperidine rings is 1. The topological polar surface area (TPSA) is 69.2 Å². The number of nitrogens with zero attached hydrogens (tertiary/aromatic N) is 4. The van der Waals surface area contributed by atoms with Gasteiger partial charge in [-0.2, -0.15) is 5.26 Å². The zero-order valence-electron chi connectivity index (χ0n) is 16.5. The van der Waals surface area contributed by atoms with E-state index in [1.54, 1.807) is 6.20 Å². The van der Waals surface area contributed by atoms with Gasteiger partial charge in [0.05, 0.1) is 17.0 Å². The van der Waals surface area contributed by atoms with E-state index in [9.17, 15) is 5.26 Å². The first-order valence-electron chi connectivity index (χ1n) is 9.92. The van der Waals surface area contributed by atoms with Gasteiger partial charge in [-0.1, -0.05) is 6.92 Å². The molecule has 6 heteroatoms. The first-order valence-corrected chi connectivity index (χ1v) is 11.0. The van der Waals surface area contributed by atoms with Crippen molar-refractivity contribution >= 4 is 28.4 Å². The third-order valence-corrected chi connectivity index (χ3v) is 6.49. The van der Waals surface area contributed by atoms with E-state index in [0.29, 0.717) is 17.5 Å². The molecule has 2 aliphatic rings. The Morgan fingerprint density at radius 3 is 3.00 bits per heavy atom. The average molecular weight is 394 g/mol. The van der Waals surface area contributed by atoms with Crippen LogP contribution in [0.4, 0.5) is 5.69 Å². The van der Waals surface area contributed by atoms with E-state index in [1.165, 1.54) is 17.8 Å². The van der Waals surface area contributed by atoms with E-state index in [1.807, 2.05) is 23.9 Å². The molecule has 1 aromatic heterocycles. The number of aromatic nitrogens is 1. The van der Waals surface area contributed by atoms with Crippen LogP contribution >= 0.6 is 11.8 Å². The van der Waals surface area contributed by atoms with Gasteiger partial charge >= 0.3 is 0 Å². The zero-order chi connectivity index (χ0) is 19.7. The molecule has 28 heavy (non-hydrogen) atoms. The molecule has 0 unspecified atom stereocenters. The maximum absolute atomic E-state index is 9.44. The van der Waals surface area contributed by atoms with Crippen LogP contribution in [0.1, 0.15) is 32.3 Å². The van der Waals surface area contributed by atoms with E-state index < -0.39 is 0 Å². The highest BCUT2D eigenvalue weighted by atomic mass is 32.2. The van der Waals surface area contributed by atoms with Crippen LogP contribution in [0.15, 0.2) is 41.6 Å². The monoisotopic (exact) mass is 393 g/mol. The highest BCUT2D eigenvalue weighted by Crippen LogP contribution is 2.36. The molecule has 1 aromatic carbocycles. The summed E-state index contributed by atoms with van der Waals surface area (Å²) in [6.07, 6.45) is 3.89. The third kappa shape index (κ3) is 3.69. The van der Waals surface area contributed by atoms with Gasteiger partial charge < -0.3 is 15.5 Å². The summed E-state index contributed by atoms with van der Waals surface area (Å²) in [7, 11) is 0. The van der Waals surface area contributed by atoms with E-state index in [4.69, 9.17) is 5.73 Å². The molecular weight excluding hydrogens is 366 g/mol. The maximum Gasteiger partial charge on any atom is 0.101 e. The van der Waals surface area contributed by atoms with Gasteiger partial charge in [-0.15, -0.1) is 11.8 Å². The van der Waals surface area contributed by atoms with Crippen LogP contribution in [0.5, 0.6) is 0 Å². The second-order valence-corrected chi connectivity index (χ2v) is 8.93. The van der Waals surface area contributed by atoms with Crippen LogP contribution in [0, 0.1) is 17.2 Å². The summed E-state index contributed by atoms with van der Waals surface area (Å²) in [6.45, 7) is 6.42. The Balaban J connectivity index is 1.64. The molecular formula is C22H27N5S. The fraction of sp³-hybridized carbons (Fsp3) is 0.455. The van der Waals surface area contributed by atoms with Crippen molar-refractivity contribution in [3.8, 4) is 6.07 Å². The third-order valence-electron chi connectivity index (χ3n) is 5.62. The molecule has 3 heterocycles. The van der Waals surface area contributed by atoms with Crippen molar-refractivity contribution in [1.82, 2.24) is 9.88 Å². The van der Waals surface area contributed by atoms with Gasteiger partial charge in [0.1, 0.15) is 6.07 Å². The highest BCUT2D eigenvalue weighted by Gasteiger charge is 2.32. The van der Waals surface area contributed by atoms with Crippen molar-refractivity contribution in [3.63, 3.8) is 0 Å². The minimum absolute atomic E-state index is 0.179. The van der Waals surface area contributed by atoms with Crippen LogP contribution in [0.2, 0.25) is 0 Å². The highest BCUT2D eigenvalue weighted by molar-refractivity contribution is 8.02. The SMILES string of the molecule is C[C@H]1C[C@@H](N2CSC=C2C[C@H](C)N)CN(c2ccc(C#N)c3ncccc23)C1. The Labute approximate surface area is 171 Å².